The Balaban J connectivity index is 2.64. The lowest BCUT2D eigenvalue weighted by Gasteiger charge is -2.35. The largest absolute Gasteiger partial charge is 0.490 e. The first kappa shape index (κ1) is 100. The standard InChI is InChI=1S/C72H108F6N16O21/c1-14-36(6)49(92-55(99)42(24-19-25-84-67(82)83)87-56(100)43(26-34(2)3)88-59(103)48(80)52(97)35(4)5)61(105)93-50(37(7)95)60(104)85-31-47(96)91-51(53(54(81)98)115-66(111)72(76,77)78)62(106)90-45(33-113-65(110)71(73,74)75)57(101)86-40-23-18-22-39(27-40)28-44(64(108)109)89-58(102)46(30-70(11,12)13)94(63(107)41(79)29-69(8,9)10)68(112)114-32-38-20-16-15-17-21-38/h15-18,20-23,27,34-37,41-46,48-53,95,97H,14,19,24-26,28-33,79-80H2,1-13H3,(H2,81,98)(H,85,104)(H,86,101)(H,87,100)(H,88,103)(H,89,102)(H,90,106)(H,91,96)(H,92,99)(H,93,105)(H,108,109)(H4,82,83,84)/t36-,37-,41+,42+,43-,44-,45-,46-,48-,49-,50-,51-,52+,53-/m0/s1. The number of halogens is 6. The normalized spacial score (nSPS) is 15.5. The molecule has 2 aromatic rings. The number of benzene rings is 2. The van der Waals surface area contributed by atoms with Crippen LogP contribution < -0.4 is 76.1 Å². The number of esters is 2. The molecule has 2 rings (SSSR count). The van der Waals surface area contributed by atoms with E-state index >= 15 is 0 Å². The Labute approximate surface area is 659 Å². The Hall–Kier alpha value is -10.8. The van der Waals surface area contributed by atoms with Crippen molar-refractivity contribution in [1.82, 2.24) is 52.8 Å². The zero-order valence-corrected chi connectivity index (χ0v) is 65.9. The topological polar surface area (TPSA) is 596 Å². The number of amides is 12. The van der Waals surface area contributed by atoms with Crippen molar-refractivity contribution in [2.45, 2.75) is 233 Å². The number of carboxylic acids is 1. The number of guanidine groups is 1. The molecular formula is C72H108F6N16O21. The van der Waals surface area contributed by atoms with Crippen LogP contribution in [0.4, 0.5) is 36.8 Å². The third-order valence-electron chi connectivity index (χ3n) is 16.9. The van der Waals surface area contributed by atoms with Crippen molar-refractivity contribution in [3.8, 4) is 0 Å². The number of aliphatic hydroxyl groups is 2. The minimum atomic E-state index is -6.02. The minimum absolute atomic E-state index is 0.0110. The maximum atomic E-state index is 14.5. The third kappa shape index (κ3) is 35.2. The molecule has 0 fully saturated rings. The van der Waals surface area contributed by atoms with Gasteiger partial charge in [-0.25, -0.2) is 24.1 Å². The molecule has 0 saturated carbocycles. The van der Waals surface area contributed by atoms with Crippen LogP contribution in [0, 0.1) is 34.0 Å². The summed E-state index contributed by atoms with van der Waals surface area (Å²) < 4.78 is 96.0. The molecule has 0 unspecified atom stereocenters. The number of aliphatic carboxylic acids is 1. The Morgan fingerprint density at radius 1 is 0.583 bits per heavy atom. The van der Waals surface area contributed by atoms with Crippen molar-refractivity contribution >= 4 is 101 Å². The number of nitrogens with one attached hydrogen (secondary N) is 11. The summed E-state index contributed by atoms with van der Waals surface area (Å²) in [4.78, 5) is 205. The zero-order chi connectivity index (χ0) is 88.1. The minimum Gasteiger partial charge on any atom is -0.480 e. The molecule has 2 aromatic carbocycles. The maximum absolute atomic E-state index is 14.5. The summed E-state index contributed by atoms with van der Waals surface area (Å²) in [6.07, 6.45) is -20.8. The fraction of sp³-hybridized carbons (Fsp3) is 0.611. The van der Waals surface area contributed by atoms with Gasteiger partial charge in [-0.2, -0.15) is 26.3 Å². The van der Waals surface area contributed by atoms with Crippen molar-refractivity contribution < 1.29 is 128 Å². The SMILES string of the molecule is CC[C@H](C)[C@H](NC(=O)[C@@H](CCCNC(=N)N)NC(=O)[C@H](CC(C)C)NC(=O)[C@@H](N)[C@H](O)C(C)C)C(=O)N[C@H](C(=O)NCC(=O)N[C@H](C(=O)N[C@@H](COC(=O)C(F)(F)F)C(=O)Nc1cccc(C[C@H](NC(=O)[C@H](CC(C)(C)C)N(C(=O)OCc2ccccc2)C(=O)[C@H](N)CC(C)(C)C)C(=O)O)c1)[C@H](OC(=O)C(F)(F)F)C(N)=O)[C@H](C)O. The zero-order valence-electron chi connectivity index (χ0n) is 65.9. The quantitative estimate of drug-likeness (QED) is 0.0101. The molecule has 43 heteroatoms. The molecule has 0 aromatic heterocycles. The average molecular weight is 1650 g/mol. The van der Waals surface area contributed by atoms with E-state index in [4.69, 9.17) is 33.1 Å². The number of alkyl halides is 6. The van der Waals surface area contributed by atoms with E-state index in [9.17, 15) is 114 Å². The van der Waals surface area contributed by atoms with Gasteiger partial charge in [-0.05, 0) is 90.9 Å². The average Bonchev–Trinajstić information content (AvgIpc) is 0.823. The molecule has 0 radical (unpaired) electrons. The number of primary amides is 1. The number of rotatable bonds is 43. The van der Waals surface area contributed by atoms with Crippen LogP contribution in [-0.2, 0) is 94.4 Å². The molecule has 0 aliphatic heterocycles. The van der Waals surface area contributed by atoms with E-state index in [0.717, 1.165) is 25.1 Å². The van der Waals surface area contributed by atoms with Gasteiger partial charge < -0.3 is 106 Å². The van der Waals surface area contributed by atoms with E-state index in [0.29, 0.717) is 10.5 Å². The number of hydrogen-bond acceptors (Lipinski definition) is 23. The summed E-state index contributed by atoms with van der Waals surface area (Å²) in [5.41, 5.74) is 21.5. The summed E-state index contributed by atoms with van der Waals surface area (Å²) in [6.45, 7) is 17.0. The first-order valence-electron chi connectivity index (χ1n) is 36.3. The summed E-state index contributed by atoms with van der Waals surface area (Å²) >= 11 is 0. The molecule has 0 aliphatic carbocycles. The molecule has 22 N–H and O–H groups in total. The van der Waals surface area contributed by atoms with Crippen molar-refractivity contribution in [2.24, 2.45) is 51.5 Å². The number of aliphatic hydroxyl groups excluding tert-OH is 2. The van der Waals surface area contributed by atoms with Crippen LogP contribution in [0.1, 0.15) is 140 Å². The van der Waals surface area contributed by atoms with Gasteiger partial charge in [0.25, 0.3) is 11.8 Å². The highest BCUT2D eigenvalue weighted by atomic mass is 19.4. The van der Waals surface area contributed by atoms with Gasteiger partial charge in [0.2, 0.25) is 59.3 Å². The van der Waals surface area contributed by atoms with E-state index in [1.54, 1.807) is 117 Å². The van der Waals surface area contributed by atoms with E-state index in [1.165, 1.54) is 13.0 Å². The Kier molecular flexibility index (Phi) is 39.5. The van der Waals surface area contributed by atoms with Crippen LogP contribution in [0.15, 0.2) is 54.6 Å². The van der Waals surface area contributed by atoms with Crippen LogP contribution in [0.2, 0.25) is 0 Å². The van der Waals surface area contributed by atoms with Gasteiger partial charge in [0.15, 0.2) is 12.0 Å². The van der Waals surface area contributed by atoms with E-state index < -0.39 is 234 Å². The molecule has 0 spiro atoms. The first-order valence-corrected chi connectivity index (χ1v) is 36.3. The summed E-state index contributed by atoms with van der Waals surface area (Å²) in [5.74, 6) is -25.7. The number of anilines is 1. The first-order chi connectivity index (χ1) is 53.0. The Bertz CT molecular complexity index is 3730. The fourth-order valence-corrected chi connectivity index (χ4v) is 10.8. The summed E-state index contributed by atoms with van der Waals surface area (Å²) in [6, 6.07) is -6.51. The van der Waals surface area contributed by atoms with Crippen LogP contribution in [-0.4, -0.2) is 226 Å². The number of hydrogen-bond donors (Lipinski definition) is 18. The van der Waals surface area contributed by atoms with E-state index in [-0.39, 0.29) is 63.2 Å². The second-order valence-corrected chi connectivity index (χ2v) is 30.4. The lowest BCUT2D eigenvalue weighted by molar-refractivity contribution is -0.206. The van der Waals surface area contributed by atoms with Crippen molar-refractivity contribution in [3.05, 3.63) is 65.7 Å². The predicted molar refractivity (Wildman–Crippen MR) is 397 cm³/mol. The molecule has 0 saturated heterocycles. The lowest BCUT2D eigenvalue weighted by atomic mass is 9.85. The number of carbonyl (C=O) groups excluding carboxylic acids is 14. The molecule has 0 bridgehead atoms. The molecule has 37 nitrogen and oxygen atoms in total. The number of nitrogens with two attached hydrogens (primary N) is 4. The molecule has 115 heavy (non-hydrogen) atoms. The number of carboxylic acid groups (broad SMARTS) is 1. The second kappa shape index (κ2) is 45.3. The molecular weight excluding hydrogens is 1540 g/mol. The van der Waals surface area contributed by atoms with Gasteiger partial charge in [-0.15, -0.1) is 0 Å². The van der Waals surface area contributed by atoms with Gasteiger partial charge in [-0.1, -0.05) is 132 Å². The third-order valence-corrected chi connectivity index (χ3v) is 16.9. The van der Waals surface area contributed by atoms with E-state index in [1.807, 2.05) is 5.32 Å². The van der Waals surface area contributed by atoms with Gasteiger partial charge in [0.1, 0.15) is 61.5 Å². The molecule has 14 atom stereocenters. The lowest BCUT2D eigenvalue weighted by Crippen LogP contribution is -2.63. The van der Waals surface area contributed by atoms with Gasteiger partial charge in [0.05, 0.1) is 24.8 Å². The predicted octanol–water partition coefficient (Wildman–Crippen LogP) is -0.359. The highest BCUT2D eigenvalue weighted by Gasteiger charge is 2.49. The molecule has 644 valence electrons. The highest BCUT2D eigenvalue weighted by molar-refractivity contribution is 6.03. The summed E-state index contributed by atoms with van der Waals surface area (Å²) in [5, 5.41) is 61.2. The number of carbonyl (C=O) groups is 15. The molecule has 12 amide bonds. The van der Waals surface area contributed by atoms with Crippen LogP contribution >= 0.6 is 0 Å². The van der Waals surface area contributed by atoms with Crippen LogP contribution in [0.3, 0.4) is 0 Å². The van der Waals surface area contributed by atoms with Crippen LogP contribution in [0.25, 0.3) is 0 Å². The number of imide groups is 1. The van der Waals surface area contributed by atoms with Gasteiger partial charge in [-0.3, -0.25) is 58.1 Å². The Morgan fingerprint density at radius 2 is 1.12 bits per heavy atom. The number of ether oxygens (including phenoxy) is 3. The van der Waals surface area contributed by atoms with Crippen molar-refractivity contribution in [1.29, 1.82) is 5.41 Å². The Morgan fingerprint density at radius 3 is 1.64 bits per heavy atom. The fourth-order valence-electron chi connectivity index (χ4n) is 10.8. The molecule has 0 heterocycles. The number of nitrogens with zero attached hydrogens (tertiary/aromatic N) is 1. The van der Waals surface area contributed by atoms with Crippen molar-refractivity contribution in [3.63, 3.8) is 0 Å². The maximum Gasteiger partial charge on any atom is 0.490 e. The smallest absolute Gasteiger partial charge is 0.480 e. The monoisotopic (exact) mass is 1650 g/mol. The van der Waals surface area contributed by atoms with Gasteiger partial charge >= 0.3 is 36.4 Å². The second-order valence-electron chi connectivity index (χ2n) is 30.4. The summed E-state index contributed by atoms with van der Waals surface area (Å²) in [7, 11) is 0. The molecule has 0 aliphatic rings. The van der Waals surface area contributed by atoms with E-state index in [2.05, 4.69) is 46.7 Å². The van der Waals surface area contributed by atoms with Crippen molar-refractivity contribution in [2.75, 3.05) is 25.0 Å². The van der Waals surface area contributed by atoms with Crippen LogP contribution in [0.5, 0.6) is 0 Å². The highest BCUT2D eigenvalue weighted by Crippen LogP contribution is 2.29. The van der Waals surface area contributed by atoms with Gasteiger partial charge in [0, 0.05) is 18.7 Å².